The first-order valence-corrected chi connectivity index (χ1v) is 9.66. The zero-order chi connectivity index (χ0) is 21.5. The number of hydrogen-bond acceptors (Lipinski definition) is 7. The SMILES string of the molecule is COc1ccc(/C=C2\Oc3c(ccc4c3[C@@H](c3ccco3)CC(=O)O4)C2=O)c(OC)c1. The molecule has 1 atom stereocenters. The minimum atomic E-state index is -0.399. The number of Topliss-reactive ketones (excluding diaryl/α,β-unsaturated/α-hetero) is 1. The summed E-state index contributed by atoms with van der Waals surface area (Å²) in [6.45, 7) is 0. The number of rotatable bonds is 4. The third-order valence-corrected chi connectivity index (χ3v) is 5.39. The summed E-state index contributed by atoms with van der Waals surface area (Å²) in [5, 5.41) is 0. The van der Waals surface area contributed by atoms with Crippen LogP contribution in [0.2, 0.25) is 0 Å². The van der Waals surface area contributed by atoms with Crippen molar-refractivity contribution in [2.45, 2.75) is 12.3 Å². The molecule has 2 aromatic carbocycles. The highest BCUT2D eigenvalue weighted by atomic mass is 16.5. The molecule has 7 nitrogen and oxygen atoms in total. The van der Waals surface area contributed by atoms with Crippen molar-refractivity contribution in [3.05, 3.63) is 76.9 Å². The van der Waals surface area contributed by atoms with Gasteiger partial charge in [-0.25, -0.2) is 0 Å². The lowest BCUT2D eigenvalue weighted by Crippen LogP contribution is -2.21. The van der Waals surface area contributed by atoms with Gasteiger partial charge in [0.05, 0.1) is 38.4 Å². The molecule has 0 unspecified atom stereocenters. The van der Waals surface area contributed by atoms with E-state index in [0.29, 0.717) is 45.4 Å². The highest BCUT2D eigenvalue weighted by molar-refractivity contribution is 6.15. The third-order valence-electron chi connectivity index (χ3n) is 5.39. The van der Waals surface area contributed by atoms with Crippen molar-refractivity contribution in [3.63, 3.8) is 0 Å². The van der Waals surface area contributed by atoms with E-state index < -0.39 is 5.92 Å². The van der Waals surface area contributed by atoms with Crippen LogP contribution in [0.5, 0.6) is 23.0 Å². The van der Waals surface area contributed by atoms with Crippen LogP contribution in [0.3, 0.4) is 0 Å². The Bertz CT molecular complexity index is 1220. The number of carbonyl (C=O) groups is 2. The van der Waals surface area contributed by atoms with E-state index in [-0.39, 0.29) is 23.9 Å². The summed E-state index contributed by atoms with van der Waals surface area (Å²) in [7, 11) is 3.11. The van der Waals surface area contributed by atoms with E-state index in [1.54, 1.807) is 69.0 Å². The Hall–Kier alpha value is -4.00. The fraction of sp³-hybridized carbons (Fsp3) is 0.167. The van der Waals surface area contributed by atoms with Gasteiger partial charge in [0.25, 0.3) is 0 Å². The number of furan rings is 1. The predicted molar refractivity (Wildman–Crippen MR) is 110 cm³/mol. The number of carbonyl (C=O) groups excluding carboxylic acids is 2. The first kappa shape index (κ1) is 19.0. The fourth-order valence-corrected chi connectivity index (χ4v) is 3.92. The number of fused-ring (bicyclic) bond motifs is 3. The molecule has 3 aromatic rings. The lowest BCUT2D eigenvalue weighted by atomic mass is 9.88. The molecular formula is C24H18O7. The zero-order valence-electron chi connectivity index (χ0n) is 16.8. The van der Waals surface area contributed by atoms with E-state index in [4.69, 9.17) is 23.4 Å². The lowest BCUT2D eigenvalue weighted by molar-refractivity contribution is -0.135. The Morgan fingerprint density at radius 3 is 2.65 bits per heavy atom. The van der Waals surface area contributed by atoms with E-state index >= 15 is 0 Å². The number of benzene rings is 2. The van der Waals surface area contributed by atoms with Crippen molar-refractivity contribution in [3.8, 4) is 23.0 Å². The van der Waals surface area contributed by atoms with Crippen LogP contribution in [-0.2, 0) is 4.79 Å². The summed E-state index contributed by atoms with van der Waals surface area (Å²) in [4.78, 5) is 25.2. The Morgan fingerprint density at radius 1 is 1.03 bits per heavy atom. The van der Waals surface area contributed by atoms with E-state index in [2.05, 4.69) is 0 Å². The molecule has 0 saturated heterocycles. The van der Waals surface area contributed by atoms with Gasteiger partial charge in [0, 0.05) is 17.2 Å². The molecule has 2 aliphatic heterocycles. The second-order valence-electron chi connectivity index (χ2n) is 7.15. The molecule has 2 aliphatic rings. The average molecular weight is 418 g/mol. The van der Waals surface area contributed by atoms with E-state index in [9.17, 15) is 9.59 Å². The standard InChI is InChI=1S/C24H18O7/c1-27-14-6-5-13(19(11-14)28-2)10-20-23(26)15-7-8-18-22(24(15)31-20)16(12-21(25)30-18)17-4-3-9-29-17/h3-11,16H,12H2,1-2H3/b20-10-/t16-/m1/s1. The third kappa shape index (κ3) is 3.15. The molecule has 0 amide bonds. The maximum atomic E-state index is 13.1. The Labute approximate surface area is 177 Å². The first-order valence-electron chi connectivity index (χ1n) is 9.66. The molecule has 31 heavy (non-hydrogen) atoms. The monoisotopic (exact) mass is 418 g/mol. The second-order valence-corrected chi connectivity index (χ2v) is 7.15. The summed E-state index contributed by atoms with van der Waals surface area (Å²) < 4.78 is 27.6. The van der Waals surface area contributed by atoms with Gasteiger partial charge in [-0.15, -0.1) is 0 Å². The van der Waals surface area contributed by atoms with Crippen molar-refractivity contribution in [1.82, 2.24) is 0 Å². The molecule has 0 aliphatic carbocycles. The van der Waals surface area contributed by atoms with Crippen LogP contribution in [-0.4, -0.2) is 26.0 Å². The molecule has 0 bridgehead atoms. The van der Waals surface area contributed by atoms with Gasteiger partial charge >= 0.3 is 5.97 Å². The van der Waals surface area contributed by atoms with Crippen LogP contribution in [0, 0.1) is 0 Å². The molecule has 0 N–H and O–H groups in total. The van der Waals surface area contributed by atoms with Crippen molar-refractivity contribution in [1.29, 1.82) is 0 Å². The molecule has 7 heteroatoms. The summed E-state index contributed by atoms with van der Waals surface area (Å²) in [5.74, 6) is 1.68. The first-order chi connectivity index (χ1) is 15.1. The van der Waals surface area contributed by atoms with Gasteiger partial charge in [0.15, 0.2) is 5.76 Å². The number of esters is 1. The van der Waals surface area contributed by atoms with E-state index in [0.717, 1.165) is 0 Å². The van der Waals surface area contributed by atoms with Crippen LogP contribution >= 0.6 is 0 Å². The molecule has 3 heterocycles. The van der Waals surface area contributed by atoms with Crippen LogP contribution in [0.1, 0.15) is 39.6 Å². The van der Waals surface area contributed by atoms with Crippen molar-refractivity contribution in [2.24, 2.45) is 0 Å². The maximum Gasteiger partial charge on any atom is 0.312 e. The van der Waals surface area contributed by atoms with Crippen molar-refractivity contribution in [2.75, 3.05) is 14.2 Å². The second kappa shape index (κ2) is 7.36. The lowest BCUT2D eigenvalue weighted by Gasteiger charge is -2.24. The number of hydrogen-bond donors (Lipinski definition) is 0. The van der Waals surface area contributed by atoms with Gasteiger partial charge in [-0.05, 0) is 42.5 Å². The van der Waals surface area contributed by atoms with Gasteiger partial charge < -0.3 is 23.4 Å². The normalized spacial score (nSPS) is 18.3. The molecule has 0 spiro atoms. The van der Waals surface area contributed by atoms with Crippen molar-refractivity contribution < 1.29 is 33.0 Å². The Kier molecular flexibility index (Phi) is 4.51. The highest BCUT2D eigenvalue weighted by Crippen LogP contribution is 2.49. The summed E-state index contributed by atoms with van der Waals surface area (Å²) in [6, 6.07) is 12.1. The number of allylic oxidation sites excluding steroid dienone is 1. The number of ketones is 1. The molecule has 5 rings (SSSR count). The topological polar surface area (TPSA) is 84.2 Å². The van der Waals surface area contributed by atoms with Crippen LogP contribution in [0.4, 0.5) is 0 Å². The Balaban J connectivity index is 1.59. The molecular weight excluding hydrogens is 400 g/mol. The van der Waals surface area contributed by atoms with Crippen LogP contribution in [0.25, 0.3) is 6.08 Å². The van der Waals surface area contributed by atoms with E-state index in [1.165, 1.54) is 0 Å². The number of methoxy groups -OCH3 is 2. The molecule has 0 saturated carbocycles. The molecule has 0 radical (unpaired) electrons. The molecule has 1 aromatic heterocycles. The summed E-state index contributed by atoms with van der Waals surface area (Å²) in [5.41, 5.74) is 1.71. The van der Waals surface area contributed by atoms with Crippen LogP contribution < -0.4 is 18.9 Å². The highest BCUT2D eigenvalue weighted by Gasteiger charge is 2.39. The van der Waals surface area contributed by atoms with E-state index in [1.807, 2.05) is 0 Å². The van der Waals surface area contributed by atoms with Gasteiger partial charge in [0.2, 0.25) is 5.78 Å². The van der Waals surface area contributed by atoms with Gasteiger partial charge in [-0.3, -0.25) is 9.59 Å². The van der Waals surface area contributed by atoms with Gasteiger partial charge in [0.1, 0.15) is 28.8 Å². The molecule has 0 fully saturated rings. The van der Waals surface area contributed by atoms with Gasteiger partial charge in [-0.1, -0.05) is 0 Å². The Morgan fingerprint density at radius 2 is 1.90 bits per heavy atom. The van der Waals surface area contributed by atoms with Crippen LogP contribution in [0.15, 0.2) is 58.9 Å². The zero-order valence-corrected chi connectivity index (χ0v) is 16.8. The quantitative estimate of drug-likeness (QED) is 0.354. The van der Waals surface area contributed by atoms with Crippen molar-refractivity contribution >= 4 is 17.8 Å². The average Bonchev–Trinajstić information content (AvgIpc) is 3.42. The summed E-state index contributed by atoms with van der Waals surface area (Å²) >= 11 is 0. The minimum Gasteiger partial charge on any atom is -0.497 e. The smallest absolute Gasteiger partial charge is 0.312 e. The largest absolute Gasteiger partial charge is 0.497 e. The fourth-order valence-electron chi connectivity index (χ4n) is 3.92. The number of ether oxygens (including phenoxy) is 4. The summed E-state index contributed by atoms with van der Waals surface area (Å²) in [6.07, 6.45) is 3.27. The maximum absolute atomic E-state index is 13.1. The predicted octanol–water partition coefficient (Wildman–Crippen LogP) is 4.35. The minimum absolute atomic E-state index is 0.0971. The van der Waals surface area contributed by atoms with Gasteiger partial charge in [-0.2, -0.15) is 0 Å². The molecule has 156 valence electrons.